The fourth-order valence-corrected chi connectivity index (χ4v) is 5.05. The number of aromatic nitrogens is 2. The van der Waals surface area contributed by atoms with Crippen LogP contribution >= 0.6 is 0 Å². The first kappa shape index (κ1) is 19.3. The average molecular weight is 409 g/mol. The van der Waals surface area contributed by atoms with Gasteiger partial charge in [-0.1, -0.05) is 24.3 Å². The van der Waals surface area contributed by atoms with Crippen molar-refractivity contribution in [1.82, 2.24) is 20.0 Å². The van der Waals surface area contributed by atoms with E-state index in [1.807, 2.05) is 28.0 Å². The Morgan fingerprint density at radius 2 is 1.87 bits per heavy atom. The molecule has 2 atom stereocenters. The molecule has 3 aliphatic heterocycles. The Hall–Kier alpha value is -2.67. The minimum atomic E-state index is -0.527. The molecular weight excluding hydrogens is 380 g/mol. The molecule has 1 aromatic carbocycles. The Bertz CT molecular complexity index is 934. The number of amides is 2. The van der Waals surface area contributed by atoms with E-state index in [2.05, 4.69) is 16.3 Å². The van der Waals surface area contributed by atoms with Gasteiger partial charge >= 0.3 is 0 Å². The SMILES string of the molecule is O=C(c1cn[nH]c1[C@@H]1CCCN(C(=O)[C@@H]2OCCc3ccccc32)C1)N1CCCC1. The summed E-state index contributed by atoms with van der Waals surface area (Å²) >= 11 is 0. The van der Waals surface area contributed by atoms with E-state index < -0.39 is 6.10 Å². The van der Waals surface area contributed by atoms with Gasteiger partial charge in [-0.05, 0) is 43.2 Å². The predicted molar refractivity (Wildman–Crippen MR) is 111 cm³/mol. The van der Waals surface area contributed by atoms with Crippen molar-refractivity contribution >= 4 is 11.8 Å². The Balaban J connectivity index is 1.33. The van der Waals surface area contributed by atoms with Gasteiger partial charge in [-0.15, -0.1) is 0 Å². The number of fused-ring (bicyclic) bond motifs is 1. The number of carbonyl (C=O) groups is 2. The molecule has 5 rings (SSSR count). The highest BCUT2D eigenvalue weighted by Gasteiger charge is 2.35. The van der Waals surface area contributed by atoms with Crippen LogP contribution in [0.5, 0.6) is 0 Å². The van der Waals surface area contributed by atoms with Gasteiger partial charge in [-0.2, -0.15) is 5.10 Å². The van der Waals surface area contributed by atoms with Crippen LogP contribution in [-0.2, 0) is 16.0 Å². The van der Waals surface area contributed by atoms with Gasteiger partial charge in [0.05, 0.1) is 24.1 Å². The van der Waals surface area contributed by atoms with E-state index in [-0.39, 0.29) is 17.7 Å². The largest absolute Gasteiger partial charge is 0.363 e. The maximum Gasteiger partial charge on any atom is 0.257 e. The zero-order valence-electron chi connectivity index (χ0n) is 17.2. The van der Waals surface area contributed by atoms with Crippen LogP contribution in [0.3, 0.4) is 0 Å². The van der Waals surface area contributed by atoms with Crippen molar-refractivity contribution in [2.24, 2.45) is 0 Å². The lowest BCUT2D eigenvalue weighted by Crippen LogP contribution is -2.43. The smallest absolute Gasteiger partial charge is 0.257 e. The summed E-state index contributed by atoms with van der Waals surface area (Å²) in [6.07, 6.45) is 5.94. The summed E-state index contributed by atoms with van der Waals surface area (Å²) in [4.78, 5) is 30.1. The zero-order valence-corrected chi connectivity index (χ0v) is 17.2. The van der Waals surface area contributed by atoms with Crippen molar-refractivity contribution in [1.29, 1.82) is 0 Å². The second-order valence-electron chi connectivity index (χ2n) is 8.52. The fraction of sp³-hybridized carbons (Fsp3) is 0.522. The zero-order chi connectivity index (χ0) is 20.5. The fourth-order valence-electron chi connectivity index (χ4n) is 5.05. The topological polar surface area (TPSA) is 78.5 Å². The highest BCUT2D eigenvalue weighted by atomic mass is 16.5. The molecule has 0 unspecified atom stereocenters. The Morgan fingerprint density at radius 3 is 2.73 bits per heavy atom. The Morgan fingerprint density at radius 1 is 1.07 bits per heavy atom. The van der Waals surface area contributed by atoms with Crippen LogP contribution in [0.4, 0.5) is 0 Å². The summed E-state index contributed by atoms with van der Waals surface area (Å²) < 4.78 is 5.90. The van der Waals surface area contributed by atoms with Gasteiger partial charge in [0.25, 0.3) is 11.8 Å². The van der Waals surface area contributed by atoms with Crippen LogP contribution in [0.25, 0.3) is 0 Å². The molecule has 2 amide bonds. The molecule has 0 radical (unpaired) electrons. The number of rotatable bonds is 3. The lowest BCUT2D eigenvalue weighted by Gasteiger charge is -2.36. The van der Waals surface area contributed by atoms with Gasteiger partial charge in [0.1, 0.15) is 0 Å². The molecule has 2 fully saturated rings. The monoisotopic (exact) mass is 408 g/mol. The molecule has 0 saturated carbocycles. The molecule has 0 aliphatic carbocycles. The number of hydrogen-bond acceptors (Lipinski definition) is 4. The Labute approximate surface area is 176 Å². The quantitative estimate of drug-likeness (QED) is 0.847. The third-order valence-electron chi connectivity index (χ3n) is 6.65. The van der Waals surface area contributed by atoms with Crippen LogP contribution in [0.1, 0.15) is 64.9 Å². The molecule has 1 N–H and O–H groups in total. The molecule has 1 aromatic heterocycles. The summed E-state index contributed by atoms with van der Waals surface area (Å²) in [6.45, 7) is 3.51. The van der Waals surface area contributed by atoms with Crippen molar-refractivity contribution in [3.8, 4) is 0 Å². The number of nitrogens with zero attached hydrogens (tertiary/aromatic N) is 3. The van der Waals surface area contributed by atoms with Crippen molar-refractivity contribution in [3.05, 3.63) is 52.8 Å². The van der Waals surface area contributed by atoms with E-state index in [9.17, 15) is 9.59 Å². The van der Waals surface area contributed by atoms with Gasteiger partial charge in [-0.25, -0.2) is 0 Å². The maximum absolute atomic E-state index is 13.4. The molecule has 7 heteroatoms. The van der Waals surface area contributed by atoms with E-state index >= 15 is 0 Å². The summed E-state index contributed by atoms with van der Waals surface area (Å²) in [5.74, 6) is 0.175. The molecule has 4 heterocycles. The third-order valence-corrected chi connectivity index (χ3v) is 6.65. The molecular formula is C23H28N4O3. The highest BCUT2D eigenvalue weighted by Crippen LogP contribution is 2.33. The molecule has 30 heavy (non-hydrogen) atoms. The van der Waals surface area contributed by atoms with E-state index in [1.165, 1.54) is 5.56 Å². The minimum Gasteiger partial charge on any atom is -0.363 e. The number of likely N-dealkylation sites (tertiary alicyclic amines) is 2. The number of piperidine rings is 1. The first-order valence-corrected chi connectivity index (χ1v) is 11.0. The van der Waals surface area contributed by atoms with Gasteiger partial charge in [-0.3, -0.25) is 14.7 Å². The molecule has 0 spiro atoms. The number of hydrogen-bond donors (Lipinski definition) is 1. The van der Waals surface area contributed by atoms with Crippen molar-refractivity contribution in [3.63, 3.8) is 0 Å². The Kier molecular flexibility index (Phi) is 5.29. The number of ether oxygens (including phenoxy) is 1. The van der Waals surface area contributed by atoms with Crippen molar-refractivity contribution < 1.29 is 14.3 Å². The molecule has 2 saturated heterocycles. The van der Waals surface area contributed by atoms with Gasteiger partial charge in [0, 0.05) is 32.1 Å². The molecule has 2 aromatic rings. The lowest BCUT2D eigenvalue weighted by molar-refractivity contribution is -0.146. The van der Waals surface area contributed by atoms with Gasteiger partial charge in [0.15, 0.2) is 6.10 Å². The summed E-state index contributed by atoms with van der Waals surface area (Å²) in [6, 6.07) is 8.06. The van der Waals surface area contributed by atoms with E-state index in [0.29, 0.717) is 18.7 Å². The first-order chi connectivity index (χ1) is 14.7. The summed E-state index contributed by atoms with van der Waals surface area (Å²) in [7, 11) is 0. The van der Waals surface area contributed by atoms with Crippen LogP contribution in [0, 0.1) is 0 Å². The van der Waals surface area contributed by atoms with E-state index in [1.54, 1.807) is 6.20 Å². The van der Waals surface area contributed by atoms with Crippen LogP contribution in [0.2, 0.25) is 0 Å². The average Bonchev–Trinajstić information content (AvgIpc) is 3.50. The number of benzene rings is 1. The summed E-state index contributed by atoms with van der Waals surface area (Å²) in [5.41, 5.74) is 3.72. The standard InChI is InChI=1S/C23H28N4O3/c28-22(26-10-3-4-11-26)19-14-24-25-20(19)17-7-5-12-27(15-17)23(29)21-18-8-2-1-6-16(18)9-13-30-21/h1-2,6,8,14,17,21H,3-5,7,9-13,15H2,(H,24,25)/t17-,21-/m1/s1. The number of nitrogens with one attached hydrogen (secondary N) is 1. The lowest BCUT2D eigenvalue weighted by atomic mass is 9.91. The number of carbonyl (C=O) groups excluding carboxylic acids is 2. The number of H-pyrrole nitrogens is 1. The second-order valence-corrected chi connectivity index (χ2v) is 8.52. The summed E-state index contributed by atoms with van der Waals surface area (Å²) in [5, 5.41) is 7.25. The van der Waals surface area contributed by atoms with Crippen LogP contribution in [-0.4, -0.2) is 64.6 Å². The normalized spacial score (nSPS) is 24.0. The maximum atomic E-state index is 13.4. The van der Waals surface area contributed by atoms with Crippen molar-refractivity contribution in [2.75, 3.05) is 32.8 Å². The van der Waals surface area contributed by atoms with Gasteiger partial charge < -0.3 is 14.5 Å². The van der Waals surface area contributed by atoms with E-state index in [0.717, 1.165) is 63.0 Å². The molecule has 7 nitrogen and oxygen atoms in total. The van der Waals surface area contributed by atoms with Gasteiger partial charge in [0.2, 0.25) is 0 Å². The van der Waals surface area contributed by atoms with E-state index in [4.69, 9.17) is 4.74 Å². The molecule has 3 aliphatic rings. The van der Waals surface area contributed by atoms with Crippen LogP contribution in [0.15, 0.2) is 30.5 Å². The first-order valence-electron chi connectivity index (χ1n) is 11.0. The molecule has 0 bridgehead atoms. The minimum absolute atomic E-state index is 0.0267. The van der Waals surface area contributed by atoms with Crippen molar-refractivity contribution in [2.45, 2.75) is 44.1 Å². The number of aromatic amines is 1. The van der Waals surface area contributed by atoms with Crippen LogP contribution < -0.4 is 0 Å². The third kappa shape index (κ3) is 3.51. The predicted octanol–water partition coefficient (Wildman–Crippen LogP) is 2.67. The second kappa shape index (κ2) is 8.22. The highest BCUT2D eigenvalue weighted by molar-refractivity contribution is 5.95. The molecule has 158 valence electrons.